The van der Waals surface area contributed by atoms with Gasteiger partial charge in [-0.2, -0.15) is 5.10 Å². The fourth-order valence-electron chi connectivity index (χ4n) is 3.49. The van der Waals surface area contributed by atoms with E-state index < -0.39 is 28.1 Å². The van der Waals surface area contributed by atoms with Crippen LogP contribution in [0, 0.1) is 15.5 Å². The Morgan fingerprint density at radius 1 is 1.34 bits per heavy atom. The topological polar surface area (TPSA) is 122 Å². The van der Waals surface area contributed by atoms with Gasteiger partial charge in [-0.15, -0.1) is 11.3 Å². The first kappa shape index (κ1) is 20.4. The van der Waals surface area contributed by atoms with Crippen LogP contribution in [-0.2, 0) is 9.59 Å². The second kappa shape index (κ2) is 8.36. The van der Waals surface area contributed by atoms with Crippen LogP contribution >= 0.6 is 11.3 Å². The summed E-state index contributed by atoms with van der Waals surface area (Å²) < 4.78 is 0. The highest BCUT2D eigenvalue weighted by molar-refractivity contribution is 7.11. The Morgan fingerprint density at radius 2 is 2.07 bits per heavy atom. The molecule has 1 amide bonds. The summed E-state index contributed by atoms with van der Waals surface area (Å²) in [4.78, 5) is 36.6. The normalized spacial score (nSPS) is 21.6. The molecule has 0 saturated carbocycles. The van der Waals surface area contributed by atoms with Gasteiger partial charge in [0.15, 0.2) is 5.41 Å². The summed E-state index contributed by atoms with van der Waals surface area (Å²) in [6.45, 7) is 1.87. The number of non-ortho nitro benzene ring substituents is 1. The smallest absolute Gasteiger partial charge is 0.320 e. The molecular weight excluding hydrogens is 394 g/mol. The number of hydrazone groups is 1. The van der Waals surface area contributed by atoms with Gasteiger partial charge in [0.2, 0.25) is 0 Å². The van der Waals surface area contributed by atoms with E-state index in [9.17, 15) is 24.8 Å². The third-order valence-corrected chi connectivity index (χ3v) is 5.89. The molecule has 3 rings (SSSR count). The highest BCUT2D eigenvalue weighted by Gasteiger charge is 2.53. The number of nitrogens with zero attached hydrogens (tertiary/aromatic N) is 2. The summed E-state index contributed by atoms with van der Waals surface area (Å²) in [7, 11) is 0. The van der Waals surface area contributed by atoms with Gasteiger partial charge in [0.1, 0.15) is 0 Å². The molecule has 0 unspecified atom stereocenters. The van der Waals surface area contributed by atoms with Crippen LogP contribution < -0.4 is 5.43 Å². The highest BCUT2D eigenvalue weighted by atomic mass is 32.1. The fraction of sp³-hybridized carbons (Fsp3) is 0.250. The summed E-state index contributed by atoms with van der Waals surface area (Å²) in [5, 5.41) is 26.8. The maximum Gasteiger partial charge on any atom is 0.320 e. The third kappa shape index (κ3) is 4.09. The van der Waals surface area contributed by atoms with E-state index in [1.54, 1.807) is 6.08 Å². The lowest BCUT2D eigenvalue weighted by Gasteiger charge is -2.38. The zero-order chi connectivity index (χ0) is 21.0. The summed E-state index contributed by atoms with van der Waals surface area (Å²) in [6.07, 6.45) is 3.57. The largest absolute Gasteiger partial charge is 0.480 e. The number of aliphatic carboxylic acids is 1. The molecule has 2 atom stereocenters. The van der Waals surface area contributed by atoms with Crippen LogP contribution in [0.3, 0.4) is 0 Å². The number of hydrogen-bond acceptors (Lipinski definition) is 6. The number of nitro groups is 1. The van der Waals surface area contributed by atoms with Crippen LogP contribution in [0.15, 0.2) is 58.5 Å². The molecule has 2 aromatic rings. The average Bonchev–Trinajstić information content (AvgIpc) is 3.21. The number of rotatable bonds is 6. The van der Waals surface area contributed by atoms with Crippen LogP contribution in [0.25, 0.3) is 0 Å². The quantitative estimate of drug-likeness (QED) is 0.246. The van der Waals surface area contributed by atoms with Crippen molar-refractivity contribution in [2.24, 2.45) is 10.5 Å². The van der Waals surface area contributed by atoms with E-state index in [1.807, 2.05) is 24.4 Å². The Labute approximate surface area is 170 Å². The fourth-order valence-corrected chi connectivity index (χ4v) is 4.08. The third-order valence-electron chi connectivity index (χ3n) is 5.09. The Balaban J connectivity index is 1.95. The van der Waals surface area contributed by atoms with Crippen molar-refractivity contribution in [1.29, 1.82) is 0 Å². The molecule has 150 valence electrons. The molecule has 1 aromatic carbocycles. The zero-order valence-electron chi connectivity index (χ0n) is 15.6. The average molecular weight is 413 g/mol. The zero-order valence-corrected chi connectivity index (χ0v) is 16.4. The van der Waals surface area contributed by atoms with Gasteiger partial charge in [0.25, 0.3) is 11.6 Å². The summed E-state index contributed by atoms with van der Waals surface area (Å²) in [5.41, 5.74) is 2.04. The van der Waals surface area contributed by atoms with E-state index in [2.05, 4.69) is 10.5 Å². The molecule has 0 bridgehead atoms. The standard InChI is InChI=1S/C20H19N3O5S/c1-13-8-9-20(19(25)26,18(24)22-21-12-16-3-2-10-29-16)17(11-13)14-4-6-15(7-5-14)23(27)28/h2-8,10,12,17H,9,11H2,1H3,(H,22,24)(H,25,26)/b21-12-/t17-,20+/m0/s1. The van der Waals surface area contributed by atoms with E-state index >= 15 is 0 Å². The van der Waals surface area contributed by atoms with Crippen LogP contribution in [0.4, 0.5) is 5.69 Å². The number of nitrogens with one attached hydrogen (secondary N) is 1. The van der Waals surface area contributed by atoms with Crippen molar-refractivity contribution in [3.63, 3.8) is 0 Å². The second-order valence-electron chi connectivity index (χ2n) is 6.85. The second-order valence-corrected chi connectivity index (χ2v) is 7.83. The van der Waals surface area contributed by atoms with Crippen LogP contribution in [-0.4, -0.2) is 28.1 Å². The number of carbonyl (C=O) groups excluding carboxylic acids is 1. The number of amides is 1. The van der Waals surface area contributed by atoms with E-state index in [0.717, 1.165) is 10.5 Å². The van der Waals surface area contributed by atoms with E-state index in [-0.39, 0.29) is 12.1 Å². The molecule has 0 saturated heterocycles. The lowest BCUT2D eigenvalue weighted by molar-refractivity contribution is -0.384. The predicted octanol–water partition coefficient (Wildman–Crippen LogP) is 3.70. The van der Waals surface area contributed by atoms with Crippen LogP contribution in [0.2, 0.25) is 0 Å². The Morgan fingerprint density at radius 3 is 2.66 bits per heavy atom. The van der Waals surface area contributed by atoms with Gasteiger partial charge in [-0.25, -0.2) is 5.43 Å². The molecule has 8 nitrogen and oxygen atoms in total. The minimum atomic E-state index is -1.76. The molecular formula is C20H19N3O5S. The van der Waals surface area contributed by atoms with Gasteiger partial charge in [-0.05, 0) is 36.8 Å². The van der Waals surface area contributed by atoms with Crippen LogP contribution in [0.1, 0.15) is 36.1 Å². The SMILES string of the molecule is CC1=CC[C@](C(=O)O)(C(=O)N/N=C\c2cccs2)[C@H](c2ccc([N+](=O)[O-])cc2)C1. The van der Waals surface area contributed by atoms with Gasteiger partial charge in [0.05, 0.1) is 11.1 Å². The van der Waals surface area contributed by atoms with E-state index in [1.165, 1.54) is 41.8 Å². The maximum absolute atomic E-state index is 13.0. The Hall–Kier alpha value is -3.33. The van der Waals surface area contributed by atoms with Gasteiger partial charge in [-0.1, -0.05) is 29.8 Å². The van der Waals surface area contributed by atoms with Crippen molar-refractivity contribution in [1.82, 2.24) is 5.43 Å². The van der Waals surface area contributed by atoms with Gasteiger partial charge >= 0.3 is 5.97 Å². The lowest BCUT2D eigenvalue weighted by atomic mass is 9.64. The highest BCUT2D eigenvalue weighted by Crippen LogP contribution is 2.47. The molecule has 0 fully saturated rings. The molecule has 2 N–H and O–H groups in total. The maximum atomic E-state index is 13.0. The number of thiophene rings is 1. The molecule has 29 heavy (non-hydrogen) atoms. The number of carboxylic acids is 1. The first-order valence-corrected chi connectivity index (χ1v) is 9.73. The number of hydrogen-bond donors (Lipinski definition) is 2. The van der Waals surface area contributed by atoms with Crippen molar-refractivity contribution in [2.45, 2.75) is 25.7 Å². The molecule has 9 heteroatoms. The number of nitro benzene ring substituents is 1. The van der Waals surface area contributed by atoms with Crippen LogP contribution in [0.5, 0.6) is 0 Å². The first-order valence-electron chi connectivity index (χ1n) is 8.85. The van der Waals surface area contributed by atoms with Gasteiger partial charge in [0, 0.05) is 22.9 Å². The molecule has 1 heterocycles. The van der Waals surface area contributed by atoms with Crippen molar-refractivity contribution in [3.8, 4) is 0 Å². The molecule has 1 aliphatic carbocycles. The monoisotopic (exact) mass is 413 g/mol. The molecule has 1 aromatic heterocycles. The lowest BCUT2D eigenvalue weighted by Crippen LogP contribution is -2.50. The molecule has 1 aliphatic rings. The van der Waals surface area contributed by atoms with E-state index in [4.69, 9.17) is 0 Å². The minimum absolute atomic E-state index is 0.0101. The van der Waals surface area contributed by atoms with Crippen molar-refractivity contribution in [2.75, 3.05) is 0 Å². The number of benzene rings is 1. The first-order chi connectivity index (χ1) is 13.8. The number of carbonyl (C=O) groups is 2. The Bertz CT molecular complexity index is 982. The molecule has 0 spiro atoms. The number of carboxylic acid groups (broad SMARTS) is 1. The number of allylic oxidation sites excluding steroid dienone is 2. The van der Waals surface area contributed by atoms with Gasteiger partial charge < -0.3 is 5.11 Å². The summed E-state index contributed by atoms with van der Waals surface area (Å²) >= 11 is 1.44. The van der Waals surface area contributed by atoms with Crippen molar-refractivity contribution < 1.29 is 19.6 Å². The molecule has 0 radical (unpaired) electrons. The van der Waals surface area contributed by atoms with E-state index in [0.29, 0.717) is 12.0 Å². The minimum Gasteiger partial charge on any atom is -0.480 e. The summed E-state index contributed by atoms with van der Waals surface area (Å²) in [5.74, 6) is -2.65. The predicted molar refractivity (Wildman–Crippen MR) is 109 cm³/mol. The molecule has 0 aliphatic heterocycles. The van der Waals surface area contributed by atoms with Crippen molar-refractivity contribution in [3.05, 3.63) is 74.0 Å². The Kier molecular flexibility index (Phi) is 5.88. The summed E-state index contributed by atoms with van der Waals surface area (Å²) in [6, 6.07) is 9.33. The van der Waals surface area contributed by atoms with Gasteiger partial charge in [-0.3, -0.25) is 19.7 Å². The van der Waals surface area contributed by atoms with Crippen molar-refractivity contribution >= 4 is 35.1 Å².